The number of nitro groups is 1. The number of nitro benzene ring substituents is 1. The van der Waals surface area contributed by atoms with Gasteiger partial charge in [0.1, 0.15) is 17.8 Å². The fourth-order valence-corrected chi connectivity index (χ4v) is 3.52. The van der Waals surface area contributed by atoms with Crippen LogP contribution in [0, 0.1) is 15.9 Å². The van der Waals surface area contributed by atoms with E-state index in [2.05, 4.69) is 14.8 Å². The van der Waals surface area contributed by atoms with Crippen LogP contribution in [0.15, 0.2) is 24.5 Å². The van der Waals surface area contributed by atoms with Crippen molar-refractivity contribution in [2.45, 2.75) is 37.6 Å². The number of benzene rings is 1. The van der Waals surface area contributed by atoms with Crippen molar-refractivity contribution in [3.63, 3.8) is 0 Å². The van der Waals surface area contributed by atoms with Crippen molar-refractivity contribution in [1.82, 2.24) is 14.8 Å². The first-order chi connectivity index (χ1) is 11.6. The van der Waals surface area contributed by atoms with E-state index in [1.54, 1.807) is 12.4 Å². The largest absolute Gasteiger partial charge is 0.365 e. The Kier molecular flexibility index (Phi) is 3.66. The topological polar surface area (TPSA) is 77.1 Å². The van der Waals surface area contributed by atoms with E-state index in [1.165, 1.54) is 6.07 Å². The minimum atomic E-state index is -0.791. The average Bonchev–Trinajstić information content (AvgIpc) is 3.31. The molecule has 7 nitrogen and oxygen atoms in total. The number of rotatable bonds is 4. The van der Waals surface area contributed by atoms with Gasteiger partial charge in [-0.25, -0.2) is 0 Å². The second-order valence-electron chi connectivity index (χ2n) is 6.48. The van der Waals surface area contributed by atoms with Crippen LogP contribution in [0.5, 0.6) is 0 Å². The number of hydrogen-bond donors (Lipinski definition) is 0. The maximum atomic E-state index is 13.9. The lowest BCUT2D eigenvalue weighted by molar-refractivity contribution is -0.386. The first-order valence-electron chi connectivity index (χ1n) is 8.22. The number of para-hydroxylation sites is 1. The molecule has 1 atom stereocenters. The maximum absolute atomic E-state index is 13.9. The van der Waals surface area contributed by atoms with Crippen molar-refractivity contribution >= 4 is 11.4 Å². The Morgan fingerprint density at radius 3 is 2.88 bits per heavy atom. The molecule has 4 rings (SSSR count). The lowest BCUT2D eigenvalue weighted by Gasteiger charge is -2.33. The summed E-state index contributed by atoms with van der Waals surface area (Å²) in [5.41, 5.74) is -0.0935. The summed E-state index contributed by atoms with van der Waals surface area (Å²) in [6.07, 6.45) is 5.92. The molecule has 1 aliphatic carbocycles. The Hall–Kier alpha value is -2.51. The molecule has 0 bridgehead atoms. The molecule has 24 heavy (non-hydrogen) atoms. The van der Waals surface area contributed by atoms with Gasteiger partial charge >= 0.3 is 5.69 Å². The lowest BCUT2D eigenvalue weighted by Crippen LogP contribution is -2.35. The van der Waals surface area contributed by atoms with Gasteiger partial charge in [-0.05, 0) is 37.8 Å². The normalized spacial score (nSPS) is 21.0. The quantitative estimate of drug-likeness (QED) is 0.636. The lowest BCUT2D eigenvalue weighted by atomic mass is 9.96. The summed E-state index contributed by atoms with van der Waals surface area (Å²) < 4.78 is 16.0. The fraction of sp³-hybridized carbons (Fsp3) is 0.500. The van der Waals surface area contributed by atoms with Crippen LogP contribution in [-0.2, 0) is 0 Å². The van der Waals surface area contributed by atoms with Crippen LogP contribution < -0.4 is 4.90 Å². The fourth-order valence-electron chi connectivity index (χ4n) is 3.52. The molecule has 0 N–H and O–H groups in total. The van der Waals surface area contributed by atoms with Gasteiger partial charge in [0.25, 0.3) is 0 Å². The molecule has 2 fully saturated rings. The van der Waals surface area contributed by atoms with Gasteiger partial charge in [0.2, 0.25) is 5.82 Å². The van der Waals surface area contributed by atoms with E-state index in [1.807, 2.05) is 4.90 Å². The first kappa shape index (κ1) is 15.0. The third-order valence-electron chi connectivity index (χ3n) is 4.82. The molecule has 2 aromatic rings. The average molecular weight is 331 g/mol. The molecule has 0 unspecified atom stereocenters. The van der Waals surface area contributed by atoms with E-state index in [0.717, 1.165) is 37.6 Å². The SMILES string of the molecule is O=[N+]([O-])c1c(F)cccc1N1CCC[C@@H](c2nncn2C2CC2)C1. The molecule has 2 heterocycles. The molecule has 8 heteroatoms. The molecule has 0 radical (unpaired) electrons. The Balaban J connectivity index is 1.63. The summed E-state index contributed by atoms with van der Waals surface area (Å²) >= 11 is 0. The molecule has 1 saturated carbocycles. The van der Waals surface area contributed by atoms with Gasteiger partial charge in [0.05, 0.1) is 4.92 Å². The predicted molar refractivity (Wildman–Crippen MR) is 85.5 cm³/mol. The Labute approximate surface area is 138 Å². The van der Waals surface area contributed by atoms with Crippen LogP contribution in [0.3, 0.4) is 0 Å². The van der Waals surface area contributed by atoms with Crippen LogP contribution in [0.4, 0.5) is 15.8 Å². The van der Waals surface area contributed by atoms with E-state index in [9.17, 15) is 14.5 Å². The monoisotopic (exact) mass is 331 g/mol. The van der Waals surface area contributed by atoms with Gasteiger partial charge in [0.15, 0.2) is 0 Å². The van der Waals surface area contributed by atoms with E-state index >= 15 is 0 Å². The highest BCUT2D eigenvalue weighted by Gasteiger charge is 2.33. The zero-order valence-electron chi connectivity index (χ0n) is 13.1. The van der Waals surface area contributed by atoms with E-state index in [-0.39, 0.29) is 5.92 Å². The second kappa shape index (κ2) is 5.85. The number of halogens is 1. The van der Waals surface area contributed by atoms with Crippen molar-refractivity contribution < 1.29 is 9.31 Å². The number of hydrogen-bond acceptors (Lipinski definition) is 5. The standard InChI is InChI=1S/C16H18FN5O2/c17-13-4-1-5-14(15(13)22(23)24)20-8-2-3-11(9-20)16-19-18-10-21(16)12-6-7-12/h1,4-5,10-12H,2-3,6-9H2/t11-/m1/s1. The number of anilines is 1. The highest BCUT2D eigenvalue weighted by atomic mass is 19.1. The van der Waals surface area contributed by atoms with Gasteiger partial charge in [-0.15, -0.1) is 10.2 Å². The Morgan fingerprint density at radius 2 is 2.12 bits per heavy atom. The summed E-state index contributed by atoms with van der Waals surface area (Å²) in [6.45, 7) is 1.27. The summed E-state index contributed by atoms with van der Waals surface area (Å²) in [5.74, 6) is 0.312. The summed E-state index contributed by atoms with van der Waals surface area (Å²) in [6, 6.07) is 4.77. The number of piperidine rings is 1. The van der Waals surface area contributed by atoms with Crippen LogP contribution in [0.25, 0.3) is 0 Å². The maximum Gasteiger partial charge on any atom is 0.327 e. The second-order valence-corrected chi connectivity index (χ2v) is 6.48. The van der Waals surface area contributed by atoms with Gasteiger partial charge in [-0.2, -0.15) is 4.39 Å². The van der Waals surface area contributed by atoms with Crippen LogP contribution in [0.1, 0.15) is 43.5 Å². The van der Waals surface area contributed by atoms with E-state index < -0.39 is 16.4 Å². The highest BCUT2D eigenvalue weighted by molar-refractivity contribution is 5.64. The Morgan fingerprint density at radius 1 is 1.29 bits per heavy atom. The zero-order chi connectivity index (χ0) is 16.7. The summed E-state index contributed by atoms with van der Waals surface area (Å²) in [5, 5.41) is 19.6. The molecule has 1 aromatic carbocycles. The van der Waals surface area contributed by atoms with Crippen LogP contribution >= 0.6 is 0 Å². The third-order valence-corrected chi connectivity index (χ3v) is 4.82. The molecule has 2 aliphatic rings. The van der Waals surface area contributed by atoms with Gasteiger partial charge in [-0.3, -0.25) is 10.1 Å². The summed E-state index contributed by atoms with van der Waals surface area (Å²) in [4.78, 5) is 12.5. The summed E-state index contributed by atoms with van der Waals surface area (Å²) in [7, 11) is 0. The highest BCUT2D eigenvalue weighted by Crippen LogP contribution is 2.39. The third kappa shape index (κ3) is 2.61. The smallest absolute Gasteiger partial charge is 0.327 e. The molecule has 126 valence electrons. The van der Waals surface area contributed by atoms with E-state index in [0.29, 0.717) is 24.8 Å². The predicted octanol–water partition coefficient (Wildman–Crippen LogP) is 3.04. The first-order valence-corrected chi connectivity index (χ1v) is 8.22. The minimum absolute atomic E-state index is 0.157. The van der Waals surface area contributed by atoms with Crippen molar-refractivity contribution in [3.8, 4) is 0 Å². The molecule has 0 amide bonds. The van der Waals surface area contributed by atoms with Crippen molar-refractivity contribution in [2.75, 3.05) is 18.0 Å². The molecular weight excluding hydrogens is 313 g/mol. The van der Waals surface area contributed by atoms with E-state index in [4.69, 9.17) is 0 Å². The van der Waals surface area contributed by atoms with Crippen molar-refractivity contribution in [2.24, 2.45) is 0 Å². The van der Waals surface area contributed by atoms with Crippen LogP contribution in [-0.4, -0.2) is 32.8 Å². The van der Waals surface area contributed by atoms with Crippen molar-refractivity contribution in [3.05, 3.63) is 46.3 Å². The minimum Gasteiger partial charge on any atom is -0.365 e. The molecular formula is C16H18FN5O2. The Bertz CT molecular complexity index is 774. The molecule has 1 aliphatic heterocycles. The number of nitrogens with zero attached hydrogens (tertiary/aromatic N) is 5. The number of aromatic nitrogens is 3. The molecule has 1 aromatic heterocycles. The zero-order valence-corrected chi connectivity index (χ0v) is 13.1. The molecule has 0 spiro atoms. The van der Waals surface area contributed by atoms with Crippen LogP contribution in [0.2, 0.25) is 0 Å². The molecule has 1 saturated heterocycles. The van der Waals surface area contributed by atoms with Gasteiger partial charge in [-0.1, -0.05) is 6.07 Å². The van der Waals surface area contributed by atoms with Gasteiger partial charge in [0, 0.05) is 25.0 Å². The van der Waals surface area contributed by atoms with Gasteiger partial charge < -0.3 is 9.47 Å². The van der Waals surface area contributed by atoms with Crippen molar-refractivity contribution in [1.29, 1.82) is 0 Å².